The highest BCUT2D eigenvalue weighted by Crippen LogP contribution is 2.51. The van der Waals surface area contributed by atoms with Crippen LogP contribution in [0, 0.1) is 34.0 Å². The van der Waals surface area contributed by atoms with Gasteiger partial charge in [-0.05, 0) is 61.6 Å². The lowest BCUT2D eigenvalue weighted by Gasteiger charge is -2.31. The molecule has 0 N–H and O–H groups in total. The molecule has 2 atom stereocenters. The Kier molecular flexibility index (Phi) is 7.17. The van der Waals surface area contributed by atoms with E-state index in [-0.39, 0.29) is 29.1 Å². The number of hydrogen-bond acceptors (Lipinski definition) is 7. The van der Waals surface area contributed by atoms with Crippen molar-refractivity contribution in [3.8, 4) is 29.0 Å². The van der Waals surface area contributed by atoms with Gasteiger partial charge in [0.05, 0.1) is 46.0 Å². The summed E-state index contributed by atoms with van der Waals surface area (Å²) >= 11 is 0. The fraction of sp³-hybridized carbons (Fsp3) is 0.438. The SMILES string of the molecule is N#Cc1cccc(-n2cc(-c3ccc(N4CCS(=O)(=O)CC4)cc3)c([C@@H]3CCCC[C@H]3C(=O)CC3(C#N)CC3)n2)c1. The number of carbonyl (C=O) groups excluding carboxylic acids is 1. The number of hydrogen-bond donors (Lipinski definition) is 0. The molecule has 6 rings (SSSR count). The first-order chi connectivity index (χ1) is 19.8. The van der Waals surface area contributed by atoms with Crippen LogP contribution in [-0.2, 0) is 14.6 Å². The lowest BCUT2D eigenvalue weighted by atomic mass is 9.72. The molecule has 210 valence electrons. The lowest BCUT2D eigenvalue weighted by molar-refractivity contribution is -0.125. The third-order valence-electron chi connectivity index (χ3n) is 9.00. The summed E-state index contributed by atoms with van der Waals surface area (Å²) in [5, 5.41) is 24.1. The van der Waals surface area contributed by atoms with Crippen LogP contribution in [0.25, 0.3) is 16.8 Å². The first-order valence-corrected chi connectivity index (χ1v) is 16.2. The molecule has 0 bridgehead atoms. The van der Waals surface area contributed by atoms with E-state index in [0.717, 1.165) is 66.7 Å². The molecule has 0 radical (unpaired) electrons. The van der Waals surface area contributed by atoms with E-state index >= 15 is 0 Å². The molecule has 2 aromatic carbocycles. The first-order valence-electron chi connectivity index (χ1n) is 14.4. The third kappa shape index (κ3) is 5.64. The smallest absolute Gasteiger partial charge is 0.153 e. The fourth-order valence-electron chi connectivity index (χ4n) is 6.34. The van der Waals surface area contributed by atoms with Crippen LogP contribution in [0.1, 0.15) is 62.1 Å². The first kappa shape index (κ1) is 27.2. The van der Waals surface area contributed by atoms with Crippen LogP contribution in [-0.4, -0.2) is 48.6 Å². The van der Waals surface area contributed by atoms with E-state index in [1.165, 1.54) is 0 Å². The van der Waals surface area contributed by atoms with Gasteiger partial charge < -0.3 is 4.90 Å². The zero-order valence-corrected chi connectivity index (χ0v) is 23.8. The second-order valence-corrected chi connectivity index (χ2v) is 14.1. The van der Waals surface area contributed by atoms with Crippen LogP contribution in [0.2, 0.25) is 0 Å². The van der Waals surface area contributed by atoms with Crippen molar-refractivity contribution < 1.29 is 13.2 Å². The third-order valence-corrected chi connectivity index (χ3v) is 10.6. The number of benzene rings is 2. The van der Waals surface area contributed by atoms with E-state index in [9.17, 15) is 23.7 Å². The molecule has 0 unspecified atom stereocenters. The minimum Gasteiger partial charge on any atom is -0.369 e. The quantitative estimate of drug-likeness (QED) is 0.386. The maximum absolute atomic E-state index is 13.6. The van der Waals surface area contributed by atoms with Gasteiger partial charge in [-0.15, -0.1) is 0 Å². The molecule has 1 aromatic heterocycles. The van der Waals surface area contributed by atoms with Gasteiger partial charge in [-0.3, -0.25) is 4.79 Å². The Balaban J connectivity index is 1.36. The highest BCUT2D eigenvalue weighted by atomic mass is 32.2. The van der Waals surface area contributed by atoms with E-state index in [1.54, 1.807) is 12.1 Å². The van der Waals surface area contributed by atoms with Crippen LogP contribution < -0.4 is 4.90 Å². The lowest BCUT2D eigenvalue weighted by Crippen LogP contribution is -2.40. The van der Waals surface area contributed by atoms with Crippen molar-refractivity contribution in [3.63, 3.8) is 0 Å². The fourth-order valence-corrected chi connectivity index (χ4v) is 7.54. The molecule has 0 spiro atoms. The van der Waals surface area contributed by atoms with Gasteiger partial charge in [0.2, 0.25) is 0 Å². The molecule has 8 nitrogen and oxygen atoms in total. The van der Waals surface area contributed by atoms with Gasteiger partial charge in [0.25, 0.3) is 0 Å². The van der Waals surface area contributed by atoms with Crippen molar-refractivity contribution in [3.05, 3.63) is 66.0 Å². The highest BCUT2D eigenvalue weighted by Gasteiger charge is 2.47. The summed E-state index contributed by atoms with van der Waals surface area (Å²) in [5.74, 6) is 0.288. The maximum Gasteiger partial charge on any atom is 0.153 e. The molecule has 1 aliphatic heterocycles. The van der Waals surface area contributed by atoms with Gasteiger partial charge in [-0.1, -0.05) is 31.0 Å². The number of Topliss-reactive ketones (excluding diaryl/α,β-unsaturated/α-hetero) is 1. The van der Waals surface area contributed by atoms with Gasteiger partial charge >= 0.3 is 0 Å². The average Bonchev–Trinajstić information content (AvgIpc) is 3.63. The van der Waals surface area contributed by atoms with E-state index < -0.39 is 15.3 Å². The summed E-state index contributed by atoms with van der Waals surface area (Å²) in [5.41, 5.74) is 4.65. The maximum atomic E-state index is 13.6. The van der Waals surface area contributed by atoms with Crippen molar-refractivity contribution in [2.75, 3.05) is 29.5 Å². The van der Waals surface area contributed by atoms with Crippen molar-refractivity contribution in [2.24, 2.45) is 11.3 Å². The summed E-state index contributed by atoms with van der Waals surface area (Å²) in [6.45, 7) is 0.965. The predicted molar refractivity (Wildman–Crippen MR) is 156 cm³/mol. The Morgan fingerprint density at radius 3 is 2.41 bits per heavy atom. The Hall–Kier alpha value is -3.95. The number of aromatic nitrogens is 2. The Labute approximate surface area is 241 Å². The number of ketones is 1. The zero-order valence-electron chi connectivity index (χ0n) is 23.0. The molecule has 3 aromatic rings. The minimum atomic E-state index is -2.96. The number of nitrogens with zero attached hydrogens (tertiary/aromatic N) is 5. The second kappa shape index (κ2) is 10.8. The number of rotatable bonds is 7. The predicted octanol–water partition coefficient (Wildman–Crippen LogP) is 5.18. The molecule has 0 amide bonds. The number of sulfone groups is 1. The van der Waals surface area contributed by atoms with Crippen LogP contribution in [0.3, 0.4) is 0 Å². The topological polar surface area (TPSA) is 120 Å². The molecule has 41 heavy (non-hydrogen) atoms. The van der Waals surface area contributed by atoms with Crippen molar-refractivity contribution in [1.82, 2.24) is 9.78 Å². The molecule has 2 heterocycles. The molecule has 3 fully saturated rings. The zero-order chi connectivity index (χ0) is 28.6. The number of anilines is 1. The summed E-state index contributed by atoms with van der Waals surface area (Å²) in [6, 6.07) is 20.0. The van der Waals surface area contributed by atoms with Gasteiger partial charge in [0.15, 0.2) is 9.84 Å². The van der Waals surface area contributed by atoms with Gasteiger partial charge in [-0.25, -0.2) is 13.1 Å². The Morgan fingerprint density at radius 1 is 1.00 bits per heavy atom. The Morgan fingerprint density at radius 2 is 1.73 bits per heavy atom. The van der Waals surface area contributed by atoms with Gasteiger partial charge in [0.1, 0.15) is 5.78 Å². The highest BCUT2D eigenvalue weighted by molar-refractivity contribution is 7.91. The molecule has 9 heteroatoms. The normalized spacial score (nSPS) is 22.8. The molecule has 2 saturated carbocycles. The van der Waals surface area contributed by atoms with Crippen LogP contribution in [0.4, 0.5) is 5.69 Å². The second-order valence-electron chi connectivity index (χ2n) is 11.8. The van der Waals surface area contributed by atoms with Crippen molar-refractivity contribution in [2.45, 2.75) is 50.9 Å². The molecule has 2 aliphatic carbocycles. The number of carbonyl (C=O) groups is 1. The van der Waals surface area contributed by atoms with Gasteiger partial charge in [-0.2, -0.15) is 15.6 Å². The van der Waals surface area contributed by atoms with Crippen molar-refractivity contribution >= 4 is 21.3 Å². The standard InChI is InChI=1S/C32H33N5O3S/c33-20-23-4-3-5-26(18-23)37-21-29(24-8-10-25(11-9-24)36-14-16-41(39,40)17-15-36)31(35-37)28-7-2-1-6-27(28)30(38)19-32(22-34)12-13-32/h3-5,8-11,18,21,27-28H,1-2,6-7,12-17,19H2/t27-,28-/m1/s1. The van der Waals surface area contributed by atoms with Crippen molar-refractivity contribution in [1.29, 1.82) is 10.5 Å². The molecule has 3 aliphatic rings. The minimum absolute atomic E-state index is 0.0480. The summed E-state index contributed by atoms with van der Waals surface area (Å²) in [4.78, 5) is 15.7. The molecular weight excluding hydrogens is 534 g/mol. The van der Waals surface area contributed by atoms with E-state index in [1.807, 2.05) is 47.3 Å². The van der Waals surface area contributed by atoms with Crippen LogP contribution >= 0.6 is 0 Å². The number of nitriles is 2. The largest absolute Gasteiger partial charge is 0.369 e. The van der Waals surface area contributed by atoms with Crippen LogP contribution in [0.15, 0.2) is 54.7 Å². The molecule has 1 saturated heterocycles. The Bertz CT molecular complexity index is 1640. The van der Waals surface area contributed by atoms with E-state index in [2.05, 4.69) is 17.0 Å². The van der Waals surface area contributed by atoms with E-state index in [4.69, 9.17) is 5.10 Å². The van der Waals surface area contributed by atoms with Gasteiger partial charge in [0, 0.05) is 48.8 Å². The summed E-state index contributed by atoms with van der Waals surface area (Å²) in [7, 11) is -2.96. The average molecular weight is 568 g/mol. The summed E-state index contributed by atoms with van der Waals surface area (Å²) < 4.78 is 25.6. The molecular formula is C32H33N5O3S. The van der Waals surface area contributed by atoms with E-state index in [0.29, 0.717) is 25.1 Å². The van der Waals surface area contributed by atoms with Crippen LogP contribution in [0.5, 0.6) is 0 Å². The monoisotopic (exact) mass is 567 g/mol. The summed E-state index contributed by atoms with van der Waals surface area (Å²) in [6.07, 6.45) is 7.59.